The second-order valence-electron chi connectivity index (χ2n) is 9.19. The highest BCUT2D eigenvalue weighted by Gasteiger charge is 2.40. The molecule has 8 nitrogen and oxygen atoms in total. The van der Waals surface area contributed by atoms with E-state index < -0.39 is 53.9 Å². The maximum absolute atomic E-state index is 15.4. The van der Waals surface area contributed by atoms with Crippen LogP contribution in [0.15, 0.2) is 54.6 Å². The number of fused-ring (bicyclic) bond motifs is 1. The number of aromatic nitrogens is 2. The van der Waals surface area contributed by atoms with Crippen molar-refractivity contribution in [3.8, 4) is 11.1 Å². The summed E-state index contributed by atoms with van der Waals surface area (Å²) >= 11 is 5.98. The molecule has 3 aromatic carbocycles. The number of halogens is 5. The molecule has 2 heterocycles. The Bertz CT molecular complexity index is 1680. The third-order valence-electron chi connectivity index (χ3n) is 6.61. The van der Waals surface area contributed by atoms with Gasteiger partial charge < -0.3 is 16.0 Å². The van der Waals surface area contributed by atoms with Crippen LogP contribution in [-0.2, 0) is 16.1 Å². The fraction of sp³-hybridized carbons (Fsp3) is 0.185. The van der Waals surface area contributed by atoms with Crippen LogP contribution in [0.4, 0.5) is 23.2 Å². The molecule has 1 aliphatic heterocycles. The predicted molar refractivity (Wildman–Crippen MR) is 139 cm³/mol. The average molecular weight is 574 g/mol. The van der Waals surface area contributed by atoms with Gasteiger partial charge in [0, 0.05) is 22.9 Å². The number of nitrogens with two attached hydrogens (primary N) is 1. The van der Waals surface area contributed by atoms with Gasteiger partial charge in [-0.15, -0.1) is 0 Å². The number of anilines is 1. The second-order valence-corrected chi connectivity index (χ2v) is 9.59. The lowest BCUT2D eigenvalue weighted by atomic mass is 10.0. The zero-order valence-corrected chi connectivity index (χ0v) is 21.3. The number of carbonyl (C=O) groups is 3. The van der Waals surface area contributed by atoms with Crippen LogP contribution >= 0.6 is 11.6 Å². The first-order valence-electron chi connectivity index (χ1n) is 12.0. The molecule has 1 aliphatic rings. The summed E-state index contributed by atoms with van der Waals surface area (Å²) in [4.78, 5) is 39.2. The van der Waals surface area contributed by atoms with Crippen LogP contribution in [0.3, 0.4) is 0 Å². The highest BCUT2D eigenvalue weighted by Crippen LogP contribution is 2.34. The van der Waals surface area contributed by atoms with Gasteiger partial charge in [-0.3, -0.25) is 19.1 Å². The Hall–Kier alpha value is -4.45. The SMILES string of the molecule is NC(=O)c1nn(CC(=O)N2CC(F)CC2C(=O)Nc2cccc(-c3cc(F)c(F)cc3Cl)c2F)c2ccccc12. The molecule has 5 rings (SSSR count). The van der Waals surface area contributed by atoms with Gasteiger partial charge in [0.1, 0.15) is 18.8 Å². The standard InChI is InChI=1S/C27H20ClF4N5O3/c28-17-10-19(31)18(30)9-16(17)14-5-3-6-20(24(14)32)34-27(40)22-8-13(29)11-36(22)23(38)12-37-21-7-2-1-4-15(21)25(35-37)26(33)39/h1-7,9-10,13,22H,8,11-12H2,(H2,33,39)(H,34,40). The zero-order chi connectivity index (χ0) is 28.7. The Morgan fingerprint density at radius 3 is 2.50 bits per heavy atom. The summed E-state index contributed by atoms with van der Waals surface area (Å²) in [5.74, 6) is -5.75. The van der Waals surface area contributed by atoms with E-state index in [0.717, 1.165) is 11.0 Å². The largest absolute Gasteiger partial charge is 0.364 e. The van der Waals surface area contributed by atoms with Gasteiger partial charge in [0.25, 0.3) is 5.91 Å². The molecular formula is C27H20ClF4N5O3. The van der Waals surface area contributed by atoms with Gasteiger partial charge in [-0.2, -0.15) is 5.10 Å². The van der Waals surface area contributed by atoms with E-state index in [1.54, 1.807) is 24.3 Å². The van der Waals surface area contributed by atoms with Crippen molar-refractivity contribution in [1.29, 1.82) is 0 Å². The highest BCUT2D eigenvalue weighted by atomic mass is 35.5. The molecule has 0 spiro atoms. The molecule has 0 saturated carbocycles. The number of nitrogens with zero attached hydrogens (tertiary/aromatic N) is 3. The number of benzene rings is 3. The van der Waals surface area contributed by atoms with E-state index in [4.69, 9.17) is 17.3 Å². The van der Waals surface area contributed by atoms with Crippen LogP contribution in [0, 0.1) is 17.5 Å². The number of primary amides is 1. The van der Waals surface area contributed by atoms with E-state index in [2.05, 4.69) is 10.4 Å². The predicted octanol–water partition coefficient (Wildman–Crippen LogP) is 4.45. The Morgan fingerprint density at radius 1 is 1.02 bits per heavy atom. The monoisotopic (exact) mass is 573 g/mol. The summed E-state index contributed by atoms with van der Waals surface area (Å²) in [6.07, 6.45) is -1.85. The topological polar surface area (TPSA) is 110 Å². The summed E-state index contributed by atoms with van der Waals surface area (Å²) in [5.41, 5.74) is 5.11. The van der Waals surface area contributed by atoms with Crippen molar-refractivity contribution in [1.82, 2.24) is 14.7 Å². The van der Waals surface area contributed by atoms with Gasteiger partial charge in [-0.1, -0.05) is 41.9 Å². The van der Waals surface area contributed by atoms with Crippen molar-refractivity contribution in [3.63, 3.8) is 0 Å². The number of hydrogen-bond acceptors (Lipinski definition) is 4. The quantitative estimate of drug-likeness (QED) is 0.262. The molecule has 0 aliphatic carbocycles. The van der Waals surface area contributed by atoms with Gasteiger partial charge >= 0.3 is 0 Å². The van der Waals surface area contributed by atoms with E-state index in [-0.39, 0.29) is 40.5 Å². The number of carbonyl (C=O) groups excluding carboxylic acids is 3. The molecule has 4 aromatic rings. The fourth-order valence-corrected chi connectivity index (χ4v) is 4.99. The van der Waals surface area contributed by atoms with Gasteiger partial charge in [-0.25, -0.2) is 17.6 Å². The minimum Gasteiger partial charge on any atom is -0.364 e. The van der Waals surface area contributed by atoms with E-state index >= 15 is 4.39 Å². The lowest BCUT2D eigenvalue weighted by Gasteiger charge is -2.24. The molecule has 2 unspecified atom stereocenters. The summed E-state index contributed by atoms with van der Waals surface area (Å²) in [5, 5.41) is 6.65. The van der Waals surface area contributed by atoms with Crippen LogP contribution < -0.4 is 11.1 Å². The summed E-state index contributed by atoms with van der Waals surface area (Å²) < 4.78 is 58.3. The summed E-state index contributed by atoms with van der Waals surface area (Å²) in [6, 6.07) is 10.6. The van der Waals surface area contributed by atoms with Crippen LogP contribution in [0.25, 0.3) is 22.0 Å². The van der Waals surface area contributed by atoms with E-state index in [1.807, 2.05) is 0 Å². The average Bonchev–Trinajstić information content (AvgIpc) is 3.49. The molecule has 206 valence electrons. The number of nitrogens with one attached hydrogen (secondary N) is 1. The molecule has 0 bridgehead atoms. The first kappa shape index (κ1) is 27.1. The molecule has 2 atom stereocenters. The Morgan fingerprint density at radius 2 is 1.75 bits per heavy atom. The number of hydrogen-bond donors (Lipinski definition) is 2. The number of alkyl halides is 1. The number of para-hydroxylation sites is 1. The molecular weight excluding hydrogens is 554 g/mol. The number of amides is 3. The van der Waals surface area contributed by atoms with E-state index in [0.29, 0.717) is 17.0 Å². The lowest BCUT2D eigenvalue weighted by molar-refractivity contribution is -0.137. The minimum atomic E-state index is -1.52. The third-order valence-corrected chi connectivity index (χ3v) is 6.92. The zero-order valence-electron chi connectivity index (χ0n) is 20.5. The van der Waals surface area contributed by atoms with Crippen LogP contribution in [0.1, 0.15) is 16.9 Å². The molecule has 1 saturated heterocycles. The van der Waals surface area contributed by atoms with Crippen LogP contribution in [0.5, 0.6) is 0 Å². The second kappa shape index (κ2) is 10.6. The maximum atomic E-state index is 15.4. The van der Waals surface area contributed by atoms with Crippen molar-refractivity contribution in [2.75, 3.05) is 11.9 Å². The molecule has 1 aromatic heterocycles. The van der Waals surface area contributed by atoms with Crippen molar-refractivity contribution >= 4 is 45.9 Å². The number of rotatable bonds is 6. The number of likely N-dealkylation sites (tertiary alicyclic amines) is 1. The molecule has 3 N–H and O–H groups in total. The Balaban J connectivity index is 1.38. The minimum absolute atomic E-state index is 0.0426. The molecule has 40 heavy (non-hydrogen) atoms. The fourth-order valence-electron chi connectivity index (χ4n) is 4.74. The Kier molecular flexibility index (Phi) is 7.19. The molecule has 1 fully saturated rings. The molecule has 13 heteroatoms. The lowest BCUT2D eigenvalue weighted by Crippen LogP contribution is -2.44. The first-order valence-corrected chi connectivity index (χ1v) is 12.4. The van der Waals surface area contributed by atoms with Gasteiger partial charge in [0.2, 0.25) is 11.8 Å². The van der Waals surface area contributed by atoms with Crippen LogP contribution in [-0.4, -0.2) is 51.2 Å². The first-order chi connectivity index (χ1) is 19.0. The highest BCUT2D eigenvalue weighted by molar-refractivity contribution is 6.33. The van der Waals surface area contributed by atoms with Gasteiger partial charge in [0.05, 0.1) is 22.8 Å². The van der Waals surface area contributed by atoms with Gasteiger partial charge in [-0.05, 0) is 24.3 Å². The normalized spacial score (nSPS) is 16.9. The summed E-state index contributed by atoms with van der Waals surface area (Å²) in [7, 11) is 0. The third kappa shape index (κ3) is 4.97. The molecule has 0 radical (unpaired) electrons. The maximum Gasteiger partial charge on any atom is 0.269 e. The van der Waals surface area contributed by atoms with Crippen molar-refractivity contribution in [2.45, 2.75) is 25.2 Å². The van der Waals surface area contributed by atoms with Crippen molar-refractivity contribution in [2.24, 2.45) is 5.73 Å². The van der Waals surface area contributed by atoms with Crippen molar-refractivity contribution in [3.05, 3.63) is 82.8 Å². The van der Waals surface area contributed by atoms with E-state index in [9.17, 15) is 27.6 Å². The van der Waals surface area contributed by atoms with Crippen molar-refractivity contribution < 1.29 is 31.9 Å². The van der Waals surface area contributed by atoms with Crippen LogP contribution in [0.2, 0.25) is 5.02 Å². The smallest absolute Gasteiger partial charge is 0.269 e. The van der Waals surface area contributed by atoms with Gasteiger partial charge in [0.15, 0.2) is 23.1 Å². The molecule has 3 amide bonds. The van der Waals surface area contributed by atoms with E-state index in [1.165, 1.54) is 22.9 Å². The summed E-state index contributed by atoms with van der Waals surface area (Å²) in [6.45, 7) is -0.797. The Labute approximate surface area is 229 Å².